The smallest absolute Gasteiger partial charge is 0.150 e. The van der Waals surface area contributed by atoms with E-state index in [-0.39, 0.29) is 21.1 Å². The molecule has 3 aliphatic rings. The Kier molecular flexibility index (Phi) is 7.67. The Balaban J connectivity index is 0.00000360. The molecule has 0 N–H and O–H groups in total. The first-order chi connectivity index (χ1) is 25.0. The summed E-state index contributed by atoms with van der Waals surface area (Å²) in [5.41, 5.74) is 7.43. The quantitative estimate of drug-likeness (QED) is 0.162. The summed E-state index contributed by atoms with van der Waals surface area (Å²) in [6, 6.07) is 54.8. The molecule has 0 saturated carbocycles. The molecule has 6 nitrogen and oxygen atoms in total. The minimum atomic E-state index is -0.442. The van der Waals surface area contributed by atoms with Gasteiger partial charge in [-0.1, -0.05) is 92.2 Å². The van der Waals surface area contributed by atoms with Gasteiger partial charge in [0.15, 0.2) is 0 Å². The van der Waals surface area contributed by atoms with E-state index >= 15 is 0 Å². The van der Waals surface area contributed by atoms with E-state index in [2.05, 4.69) is 144 Å². The van der Waals surface area contributed by atoms with E-state index in [9.17, 15) is 0 Å². The van der Waals surface area contributed by atoms with Crippen molar-refractivity contribution >= 4 is 44.6 Å². The van der Waals surface area contributed by atoms with E-state index in [1.54, 1.807) is 0 Å². The van der Waals surface area contributed by atoms with Gasteiger partial charge in [-0.15, -0.1) is 48.1 Å². The predicted molar refractivity (Wildman–Crippen MR) is 203 cm³/mol. The number of pyridine rings is 1. The summed E-state index contributed by atoms with van der Waals surface area (Å²) in [7, 11) is 0. The van der Waals surface area contributed by atoms with Crippen molar-refractivity contribution in [2.45, 2.75) is 19.3 Å². The molecule has 6 aromatic carbocycles. The molecule has 0 spiro atoms. The zero-order chi connectivity index (χ0) is 34.1. The number of para-hydroxylation sites is 5. The van der Waals surface area contributed by atoms with Crippen molar-refractivity contribution in [1.29, 1.82) is 0 Å². The molecule has 0 unspecified atom stereocenters. The van der Waals surface area contributed by atoms with E-state index in [0.717, 1.165) is 55.9 Å². The Labute approximate surface area is 316 Å². The van der Waals surface area contributed by atoms with Gasteiger partial charge in [0, 0.05) is 60.4 Å². The van der Waals surface area contributed by atoms with Crippen LogP contribution in [0.3, 0.4) is 0 Å². The molecule has 0 saturated heterocycles. The van der Waals surface area contributed by atoms with Gasteiger partial charge in [0.25, 0.3) is 0 Å². The summed E-state index contributed by atoms with van der Waals surface area (Å²) in [4.78, 5) is 9.41. The Morgan fingerprint density at radius 3 is 2.17 bits per heavy atom. The van der Waals surface area contributed by atoms with Crippen LogP contribution < -0.4 is 19.3 Å². The van der Waals surface area contributed by atoms with Crippen LogP contribution >= 0.6 is 0 Å². The molecule has 11 rings (SSSR count). The number of anilines is 4. The number of aromatic nitrogens is 2. The monoisotopic (exact) mass is 854 g/mol. The number of fused-ring (bicyclic) bond motifs is 5. The van der Waals surface area contributed by atoms with Crippen molar-refractivity contribution in [1.82, 2.24) is 9.55 Å². The second kappa shape index (κ2) is 12.4. The first-order valence-corrected chi connectivity index (χ1v) is 17.0. The van der Waals surface area contributed by atoms with Gasteiger partial charge in [-0.25, -0.2) is 4.98 Å². The minimum absolute atomic E-state index is 0. The molecule has 3 aliphatic heterocycles. The molecule has 7 heteroatoms. The van der Waals surface area contributed by atoms with Gasteiger partial charge < -0.3 is 23.8 Å². The van der Waals surface area contributed by atoms with Crippen LogP contribution in [-0.2, 0) is 26.5 Å². The molecule has 0 aliphatic carbocycles. The predicted octanol–water partition coefficient (Wildman–Crippen LogP) is 11.4. The Morgan fingerprint density at radius 2 is 1.33 bits per heavy atom. The minimum Gasteiger partial charge on any atom is -0.509 e. The van der Waals surface area contributed by atoms with Crippen LogP contribution in [0.5, 0.6) is 23.0 Å². The molecule has 0 atom stereocenters. The third-order valence-electron chi connectivity index (χ3n) is 10.0. The van der Waals surface area contributed by atoms with E-state index < -0.39 is 5.41 Å². The molecule has 0 amide bonds. The summed E-state index contributed by atoms with van der Waals surface area (Å²) in [5, 5.41) is 2.18. The number of hydrogen-bond donors (Lipinski definition) is 0. The van der Waals surface area contributed by atoms with Crippen LogP contribution in [0.25, 0.3) is 27.6 Å². The number of ether oxygens (including phenoxy) is 2. The number of rotatable bonds is 2. The largest absolute Gasteiger partial charge is 0.509 e. The third-order valence-corrected chi connectivity index (χ3v) is 10.0. The fourth-order valence-electron chi connectivity index (χ4n) is 7.42. The molecule has 8 aromatic rings. The van der Waals surface area contributed by atoms with Crippen molar-refractivity contribution in [3.8, 4) is 28.8 Å². The molecule has 52 heavy (non-hydrogen) atoms. The second-order valence-corrected chi connectivity index (χ2v) is 13.4. The molecule has 2 aromatic heterocycles. The topological polar surface area (TPSA) is 42.8 Å². The van der Waals surface area contributed by atoms with Crippen LogP contribution in [-0.4, -0.2) is 9.55 Å². The van der Waals surface area contributed by atoms with Crippen LogP contribution in [0.15, 0.2) is 146 Å². The van der Waals surface area contributed by atoms with E-state index in [1.165, 1.54) is 5.56 Å². The summed E-state index contributed by atoms with van der Waals surface area (Å²) in [6.07, 6.45) is 1.87. The van der Waals surface area contributed by atoms with Crippen LogP contribution in [0.2, 0.25) is 0 Å². The molecule has 0 radical (unpaired) electrons. The summed E-state index contributed by atoms with van der Waals surface area (Å²) in [6.45, 7) is 6.56. The van der Waals surface area contributed by atoms with Gasteiger partial charge in [-0.2, -0.15) is 12.1 Å². The average molecular weight is 855 g/mol. The van der Waals surface area contributed by atoms with E-state index in [4.69, 9.17) is 14.5 Å². The van der Waals surface area contributed by atoms with E-state index in [0.29, 0.717) is 23.0 Å². The summed E-state index contributed by atoms with van der Waals surface area (Å²) < 4.78 is 15.7. The van der Waals surface area contributed by atoms with E-state index in [1.807, 2.05) is 48.7 Å². The zero-order valence-corrected chi connectivity index (χ0v) is 30.6. The molecule has 0 fully saturated rings. The maximum absolute atomic E-state index is 7.00. The fraction of sp³-hybridized carbons (Fsp3) is 0.0667. The van der Waals surface area contributed by atoms with Gasteiger partial charge >= 0.3 is 0 Å². The van der Waals surface area contributed by atoms with Gasteiger partial charge in [0.2, 0.25) is 0 Å². The van der Waals surface area contributed by atoms with Gasteiger partial charge in [0.05, 0.1) is 11.9 Å². The van der Waals surface area contributed by atoms with Crippen molar-refractivity contribution in [3.05, 3.63) is 176 Å². The standard InChI is InChI=1S/C45H31N4O2.Pt/c1-45(2,30-13-4-3-5-14-30)36-27-44-46-28-43(36)51-42-22-11-10-21-40(42)48-29-47(38-19-8-9-20-39(38)48)31-15-12-16-32(25-31)50-33-23-24-35-34-17-6-7-18-37(34)49(44)41(35)26-33;/h3-24,27-29H,1-2H3;/q-3;. The van der Waals surface area contributed by atoms with Crippen LogP contribution in [0.4, 0.5) is 22.7 Å². The molecular formula is C45H31N4O2Pt-3. The molecule has 256 valence electrons. The fourth-order valence-corrected chi connectivity index (χ4v) is 7.42. The van der Waals surface area contributed by atoms with Crippen molar-refractivity contribution in [2.75, 3.05) is 9.80 Å². The maximum atomic E-state index is 7.00. The zero-order valence-electron chi connectivity index (χ0n) is 28.4. The maximum Gasteiger partial charge on any atom is 0.150 e. The SMILES string of the molecule is CC(C)(c1ccccc1)c1cc2ncc1Oc1ccccc1N1[CH-]N(c3[c-]c(ccc3)Oc3[c-]c4c(cc3)c3ccccc3n4-2)c2ccccc21.[Pt]. The molecule has 8 bridgehead atoms. The average Bonchev–Trinajstić information content (AvgIpc) is 3.71. The first kappa shape index (κ1) is 32.1. The Bertz CT molecular complexity index is 2630. The van der Waals surface area contributed by atoms with Crippen molar-refractivity contribution < 1.29 is 30.5 Å². The first-order valence-electron chi connectivity index (χ1n) is 17.0. The Morgan fingerprint density at radius 1 is 0.615 bits per heavy atom. The third kappa shape index (κ3) is 5.09. The molecular weight excluding hydrogens is 824 g/mol. The van der Waals surface area contributed by atoms with Gasteiger partial charge in [-0.05, 0) is 47.3 Å². The molecule has 5 heterocycles. The Hall–Kier alpha value is -5.84. The van der Waals surface area contributed by atoms with Crippen LogP contribution in [0.1, 0.15) is 25.0 Å². The van der Waals surface area contributed by atoms with Crippen molar-refractivity contribution in [2.24, 2.45) is 0 Å². The number of hydrogen-bond acceptors (Lipinski definition) is 5. The number of benzene rings is 6. The van der Waals surface area contributed by atoms with Gasteiger partial charge in [0.1, 0.15) is 17.3 Å². The van der Waals surface area contributed by atoms with Crippen molar-refractivity contribution in [3.63, 3.8) is 0 Å². The second-order valence-electron chi connectivity index (χ2n) is 13.4. The van der Waals surface area contributed by atoms with Gasteiger partial charge in [-0.3, -0.25) is 0 Å². The summed E-state index contributed by atoms with van der Waals surface area (Å²) >= 11 is 0. The van der Waals surface area contributed by atoms with Crippen LogP contribution in [0, 0.1) is 18.8 Å². The normalized spacial score (nSPS) is 13.2. The summed E-state index contributed by atoms with van der Waals surface area (Å²) in [5.74, 6) is 3.34. The number of nitrogens with zero attached hydrogens (tertiary/aromatic N) is 4.